The molecule has 1 aliphatic heterocycles. The van der Waals surface area contributed by atoms with Gasteiger partial charge in [-0.25, -0.2) is 9.97 Å². The van der Waals surface area contributed by atoms with Gasteiger partial charge in [0, 0.05) is 63.8 Å². The zero-order valence-corrected chi connectivity index (χ0v) is 17.5. The van der Waals surface area contributed by atoms with E-state index in [9.17, 15) is 0 Å². The van der Waals surface area contributed by atoms with E-state index in [1.54, 1.807) is 0 Å². The van der Waals surface area contributed by atoms with Crippen LogP contribution >= 0.6 is 0 Å². The third kappa shape index (κ3) is 5.34. The fourth-order valence-corrected chi connectivity index (χ4v) is 3.41. The van der Waals surface area contributed by atoms with Crippen molar-refractivity contribution in [2.24, 2.45) is 0 Å². The van der Waals surface area contributed by atoms with Gasteiger partial charge >= 0.3 is 0 Å². The molecule has 4 rings (SSSR count). The van der Waals surface area contributed by atoms with Crippen molar-refractivity contribution in [2.75, 3.05) is 45.3 Å². The van der Waals surface area contributed by atoms with Crippen LogP contribution in [0.1, 0.15) is 23.1 Å². The maximum Gasteiger partial charge on any atom is 0.224 e. The Balaban J connectivity index is 1.29. The molecule has 1 saturated heterocycles. The lowest BCUT2D eigenvalue weighted by Gasteiger charge is -2.32. The first kappa shape index (κ1) is 20.3. The molecule has 0 unspecified atom stereocenters. The molecule has 8 nitrogen and oxygen atoms in total. The Kier molecular flexibility index (Phi) is 6.56. The largest absolute Gasteiger partial charge is 0.493 e. The summed E-state index contributed by atoms with van der Waals surface area (Å²) < 4.78 is 11.7. The van der Waals surface area contributed by atoms with Gasteiger partial charge in [0.05, 0.1) is 18.9 Å². The maximum atomic E-state index is 5.98. The van der Waals surface area contributed by atoms with Crippen molar-refractivity contribution in [2.45, 2.75) is 19.1 Å². The predicted octanol–water partition coefficient (Wildman–Crippen LogP) is 2.46. The van der Waals surface area contributed by atoms with Crippen LogP contribution in [0, 0.1) is 0 Å². The summed E-state index contributed by atoms with van der Waals surface area (Å²) in [5.41, 5.74) is 3.09. The SMILES string of the molecule is CN(C)c1ncc(CN2CCO[C@H](c3cc(CCOc4ccccc4)[nH]n3)C2)cn1. The number of hydrogen-bond donors (Lipinski definition) is 1. The lowest BCUT2D eigenvalue weighted by molar-refractivity contribution is -0.0350. The number of benzene rings is 1. The molecule has 3 aromatic rings. The van der Waals surface area contributed by atoms with E-state index in [0.717, 1.165) is 54.7 Å². The number of H-pyrrole nitrogens is 1. The quantitative estimate of drug-likeness (QED) is 0.613. The highest BCUT2D eigenvalue weighted by Crippen LogP contribution is 2.22. The van der Waals surface area contributed by atoms with E-state index in [2.05, 4.69) is 31.1 Å². The fourth-order valence-electron chi connectivity index (χ4n) is 3.41. The minimum Gasteiger partial charge on any atom is -0.493 e. The van der Waals surface area contributed by atoms with Gasteiger partial charge in [-0.2, -0.15) is 5.10 Å². The smallest absolute Gasteiger partial charge is 0.224 e. The summed E-state index contributed by atoms with van der Waals surface area (Å²) in [7, 11) is 3.88. The van der Waals surface area contributed by atoms with E-state index in [1.165, 1.54) is 0 Å². The Morgan fingerprint density at radius 2 is 2.00 bits per heavy atom. The summed E-state index contributed by atoms with van der Waals surface area (Å²) in [6.45, 7) is 3.76. The van der Waals surface area contributed by atoms with E-state index in [-0.39, 0.29) is 6.10 Å². The second-order valence-corrected chi connectivity index (χ2v) is 7.61. The Bertz CT molecular complexity index is 913. The van der Waals surface area contributed by atoms with Crippen LogP contribution in [0.2, 0.25) is 0 Å². The first-order chi connectivity index (χ1) is 14.7. The van der Waals surface area contributed by atoms with E-state index in [4.69, 9.17) is 9.47 Å². The van der Waals surface area contributed by atoms with Gasteiger partial charge < -0.3 is 14.4 Å². The number of nitrogens with zero attached hydrogens (tertiary/aromatic N) is 5. The predicted molar refractivity (Wildman–Crippen MR) is 115 cm³/mol. The fraction of sp³-hybridized carbons (Fsp3) is 0.409. The van der Waals surface area contributed by atoms with Gasteiger partial charge in [-0.15, -0.1) is 0 Å². The van der Waals surface area contributed by atoms with Gasteiger partial charge in [0.1, 0.15) is 11.9 Å². The number of aromatic amines is 1. The summed E-state index contributed by atoms with van der Waals surface area (Å²) in [4.78, 5) is 13.1. The molecule has 30 heavy (non-hydrogen) atoms. The molecule has 158 valence electrons. The molecular formula is C22H28N6O2. The first-order valence-corrected chi connectivity index (χ1v) is 10.2. The van der Waals surface area contributed by atoms with Gasteiger partial charge in [-0.1, -0.05) is 18.2 Å². The average Bonchev–Trinajstić information content (AvgIpc) is 3.24. The third-order valence-corrected chi connectivity index (χ3v) is 5.01. The molecule has 0 amide bonds. The molecule has 1 fully saturated rings. The second kappa shape index (κ2) is 9.69. The molecular weight excluding hydrogens is 380 g/mol. The maximum absolute atomic E-state index is 5.98. The standard InChI is InChI=1S/C22H28N6O2/c1-27(2)22-23-13-17(14-24-22)15-28-9-11-30-21(16-28)20-12-18(25-26-20)8-10-29-19-6-4-3-5-7-19/h3-7,12-14,21H,8-11,15-16H2,1-2H3,(H,25,26)/t21-/m0/s1. The van der Waals surface area contributed by atoms with E-state index in [0.29, 0.717) is 13.2 Å². The molecule has 1 atom stereocenters. The molecule has 1 aromatic carbocycles. The number of anilines is 1. The van der Waals surface area contributed by atoms with E-state index in [1.807, 2.05) is 61.7 Å². The number of nitrogens with one attached hydrogen (secondary N) is 1. The van der Waals surface area contributed by atoms with Gasteiger partial charge in [-0.3, -0.25) is 10.00 Å². The van der Waals surface area contributed by atoms with Gasteiger partial charge in [0.2, 0.25) is 5.95 Å². The van der Waals surface area contributed by atoms with Gasteiger partial charge in [-0.05, 0) is 18.2 Å². The van der Waals surface area contributed by atoms with Crippen molar-refractivity contribution in [1.82, 2.24) is 25.1 Å². The molecule has 0 bridgehead atoms. The highest BCUT2D eigenvalue weighted by Gasteiger charge is 2.24. The summed E-state index contributed by atoms with van der Waals surface area (Å²) in [5, 5.41) is 7.59. The summed E-state index contributed by atoms with van der Waals surface area (Å²) in [6, 6.07) is 11.9. The van der Waals surface area contributed by atoms with Crippen LogP contribution in [-0.2, 0) is 17.7 Å². The highest BCUT2D eigenvalue weighted by atomic mass is 16.5. The normalized spacial score (nSPS) is 17.1. The van der Waals surface area contributed by atoms with Crippen LogP contribution in [0.5, 0.6) is 5.75 Å². The molecule has 8 heteroatoms. The molecule has 2 aromatic heterocycles. The minimum atomic E-state index is -0.0410. The molecule has 1 N–H and O–H groups in total. The third-order valence-electron chi connectivity index (χ3n) is 5.01. The van der Waals surface area contributed by atoms with E-state index >= 15 is 0 Å². The highest BCUT2D eigenvalue weighted by molar-refractivity contribution is 5.26. The lowest BCUT2D eigenvalue weighted by Crippen LogP contribution is -2.38. The Labute approximate surface area is 176 Å². The number of morpholine rings is 1. The minimum absolute atomic E-state index is 0.0410. The van der Waals surface area contributed by atoms with Crippen molar-refractivity contribution in [3.8, 4) is 5.75 Å². The van der Waals surface area contributed by atoms with Crippen molar-refractivity contribution in [1.29, 1.82) is 0 Å². The lowest BCUT2D eigenvalue weighted by atomic mass is 10.1. The molecule has 0 radical (unpaired) electrons. The van der Waals surface area contributed by atoms with Crippen LogP contribution in [0.3, 0.4) is 0 Å². The average molecular weight is 409 g/mol. The number of aromatic nitrogens is 4. The Morgan fingerprint density at radius 1 is 1.20 bits per heavy atom. The topological polar surface area (TPSA) is 79.4 Å². The van der Waals surface area contributed by atoms with Crippen molar-refractivity contribution < 1.29 is 9.47 Å². The van der Waals surface area contributed by atoms with Crippen LogP contribution < -0.4 is 9.64 Å². The Morgan fingerprint density at radius 3 is 2.77 bits per heavy atom. The van der Waals surface area contributed by atoms with Gasteiger partial charge in [0.25, 0.3) is 0 Å². The number of ether oxygens (including phenoxy) is 2. The number of para-hydroxylation sites is 1. The van der Waals surface area contributed by atoms with E-state index < -0.39 is 0 Å². The molecule has 1 aliphatic rings. The molecule has 0 spiro atoms. The molecule has 0 saturated carbocycles. The Hall–Kier alpha value is -2.97. The zero-order chi connectivity index (χ0) is 20.8. The number of rotatable bonds is 8. The number of hydrogen-bond acceptors (Lipinski definition) is 7. The van der Waals surface area contributed by atoms with Crippen LogP contribution in [0.25, 0.3) is 0 Å². The van der Waals surface area contributed by atoms with Crippen LogP contribution in [0.4, 0.5) is 5.95 Å². The summed E-state index contributed by atoms with van der Waals surface area (Å²) >= 11 is 0. The zero-order valence-electron chi connectivity index (χ0n) is 17.5. The summed E-state index contributed by atoms with van der Waals surface area (Å²) in [6.07, 6.45) is 4.52. The molecule has 3 heterocycles. The van der Waals surface area contributed by atoms with Crippen molar-refractivity contribution in [3.05, 3.63) is 65.7 Å². The van der Waals surface area contributed by atoms with Gasteiger partial charge in [0.15, 0.2) is 0 Å². The molecule has 0 aliphatic carbocycles. The van der Waals surface area contributed by atoms with Crippen molar-refractivity contribution >= 4 is 5.95 Å². The first-order valence-electron chi connectivity index (χ1n) is 10.2. The monoisotopic (exact) mass is 408 g/mol. The second-order valence-electron chi connectivity index (χ2n) is 7.61. The van der Waals surface area contributed by atoms with Crippen LogP contribution in [-0.4, -0.2) is 65.5 Å². The van der Waals surface area contributed by atoms with Crippen LogP contribution in [0.15, 0.2) is 48.8 Å². The van der Waals surface area contributed by atoms with Crippen molar-refractivity contribution in [3.63, 3.8) is 0 Å². The summed E-state index contributed by atoms with van der Waals surface area (Å²) in [5.74, 6) is 1.60.